The molecule has 0 heterocycles. The summed E-state index contributed by atoms with van der Waals surface area (Å²) in [6.45, 7) is 4.06. The van der Waals surface area contributed by atoms with Crippen LogP contribution in [0.5, 0.6) is 0 Å². The van der Waals surface area contributed by atoms with Gasteiger partial charge in [-0.3, -0.25) is 4.79 Å². The molecule has 70 valence electrons. The van der Waals surface area contributed by atoms with Crippen molar-refractivity contribution in [3.8, 4) is 0 Å². The Morgan fingerprint density at radius 1 is 1.58 bits per heavy atom. The SMILES string of the molecule is COC(=O)C(C)(C)/C=C/COP. The molecule has 0 saturated carbocycles. The molecule has 1 unspecified atom stereocenters. The van der Waals surface area contributed by atoms with Crippen molar-refractivity contribution in [1.82, 2.24) is 0 Å². The number of carbonyl (C=O) groups excluding carboxylic acids is 1. The summed E-state index contributed by atoms with van der Waals surface area (Å²) in [5, 5.41) is 0. The lowest BCUT2D eigenvalue weighted by atomic mass is 9.93. The van der Waals surface area contributed by atoms with Gasteiger partial charge in [0.2, 0.25) is 0 Å². The van der Waals surface area contributed by atoms with E-state index in [0.29, 0.717) is 6.61 Å². The lowest BCUT2D eigenvalue weighted by Crippen LogP contribution is -2.23. The van der Waals surface area contributed by atoms with Crippen LogP contribution in [0.2, 0.25) is 0 Å². The van der Waals surface area contributed by atoms with Crippen molar-refractivity contribution in [3.63, 3.8) is 0 Å². The van der Waals surface area contributed by atoms with Gasteiger partial charge in [0, 0.05) is 9.47 Å². The fourth-order valence-electron chi connectivity index (χ4n) is 0.729. The van der Waals surface area contributed by atoms with Gasteiger partial charge in [0.15, 0.2) is 0 Å². The Labute approximate surface area is 75.4 Å². The molecular formula is C8H15O3P. The van der Waals surface area contributed by atoms with Gasteiger partial charge in [0.25, 0.3) is 0 Å². The van der Waals surface area contributed by atoms with Crippen molar-refractivity contribution in [2.24, 2.45) is 5.41 Å². The second-order valence-corrected chi connectivity index (χ2v) is 3.28. The first-order valence-corrected chi connectivity index (χ1v) is 4.09. The summed E-state index contributed by atoms with van der Waals surface area (Å²) in [5.74, 6) is -0.248. The van der Waals surface area contributed by atoms with Gasteiger partial charge in [-0.15, -0.1) is 0 Å². The maximum absolute atomic E-state index is 11.1. The number of ether oxygens (including phenoxy) is 1. The Morgan fingerprint density at radius 3 is 2.58 bits per heavy atom. The largest absolute Gasteiger partial charge is 0.468 e. The smallest absolute Gasteiger partial charge is 0.315 e. The summed E-state index contributed by atoms with van der Waals surface area (Å²) in [6.07, 6.45) is 3.55. The van der Waals surface area contributed by atoms with Crippen LogP contribution in [0.1, 0.15) is 13.8 Å². The third-order valence-corrected chi connectivity index (χ3v) is 1.63. The highest BCUT2D eigenvalue weighted by molar-refractivity contribution is 7.09. The maximum Gasteiger partial charge on any atom is 0.315 e. The van der Waals surface area contributed by atoms with E-state index in [9.17, 15) is 4.79 Å². The zero-order valence-electron chi connectivity index (χ0n) is 7.66. The molecule has 0 N–H and O–H groups in total. The maximum atomic E-state index is 11.1. The van der Waals surface area contributed by atoms with Gasteiger partial charge >= 0.3 is 5.97 Å². The van der Waals surface area contributed by atoms with E-state index in [0.717, 1.165) is 0 Å². The van der Waals surface area contributed by atoms with Crippen molar-refractivity contribution < 1.29 is 14.1 Å². The number of methoxy groups -OCH3 is 1. The van der Waals surface area contributed by atoms with Crippen LogP contribution in [0, 0.1) is 5.41 Å². The molecule has 3 nitrogen and oxygen atoms in total. The van der Waals surface area contributed by atoms with Crippen LogP contribution in [0.3, 0.4) is 0 Å². The second-order valence-electron chi connectivity index (χ2n) is 2.95. The quantitative estimate of drug-likeness (QED) is 0.383. The second kappa shape index (κ2) is 5.28. The third kappa shape index (κ3) is 3.84. The van der Waals surface area contributed by atoms with E-state index in [2.05, 4.69) is 14.2 Å². The molecule has 0 spiro atoms. The van der Waals surface area contributed by atoms with E-state index < -0.39 is 5.41 Å². The lowest BCUT2D eigenvalue weighted by Gasteiger charge is -2.16. The summed E-state index contributed by atoms with van der Waals surface area (Å²) in [4.78, 5) is 11.1. The van der Waals surface area contributed by atoms with Crippen molar-refractivity contribution in [3.05, 3.63) is 12.2 Å². The number of esters is 1. The van der Waals surface area contributed by atoms with E-state index in [1.54, 1.807) is 26.0 Å². The van der Waals surface area contributed by atoms with Crippen molar-refractivity contribution in [2.45, 2.75) is 13.8 Å². The van der Waals surface area contributed by atoms with Gasteiger partial charge in [0.05, 0.1) is 19.1 Å². The van der Waals surface area contributed by atoms with Crippen LogP contribution >= 0.6 is 9.47 Å². The summed E-state index contributed by atoms with van der Waals surface area (Å²) < 4.78 is 9.34. The van der Waals surface area contributed by atoms with Gasteiger partial charge in [-0.1, -0.05) is 12.2 Å². The van der Waals surface area contributed by atoms with Crippen molar-refractivity contribution in [1.29, 1.82) is 0 Å². The van der Waals surface area contributed by atoms with E-state index in [-0.39, 0.29) is 5.97 Å². The molecule has 4 heteroatoms. The molecule has 0 aliphatic heterocycles. The number of carbonyl (C=O) groups is 1. The van der Waals surface area contributed by atoms with E-state index in [1.807, 2.05) is 0 Å². The van der Waals surface area contributed by atoms with Crippen LogP contribution in [-0.2, 0) is 14.1 Å². The zero-order chi connectivity index (χ0) is 9.61. The normalized spacial score (nSPS) is 12.0. The minimum atomic E-state index is -0.571. The number of rotatable bonds is 4. The zero-order valence-corrected chi connectivity index (χ0v) is 8.82. The van der Waals surface area contributed by atoms with E-state index in [1.165, 1.54) is 7.11 Å². The minimum Gasteiger partial charge on any atom is -0.468 e. The van der Waals surface area contributed by atoms with Gasteiger partial charge < -0.3 is 9.26 Å². The molecular weight excluding hydrogens is 175 g/mol. The average Bonchev–Trinajstić information content (AvgIpc) is 2.03. The molecule has 0 amide bonds. The third-order valence-electron chi connectivity index (χ3n) is 1.44. The van der Waals surface area contributed by atoms with Gasteiger partial charge in [-0.2, -0.15) is 0 Å². The van der Waals surface area contributed by atoms with Crippen LogP contribution in [-0.4, -0.2) is 19.7 Å². The molecule has 0 aromatic rings. The fraction of sp³-hybridized carbons (Fsp3) is 0.625. The summed E-state index contributed by atoms with van der Waals surface area (Å²) in [6, 6.07) is 0. The van der Waals surface area contributed by atoms with Gasteiger partial charge in [-0.05, 0) is 13.8 Å². The standard InChI is InChI=1S/C8H15O3P/c1-8(2,7(9)10-3)5-4-6-11-12/h4-5H,6,12H2,1-3H3/b5-4+. The Bertz CT molecular complexity index is 175. The Kier molecular flexibility index (Phi) is 5.11. The first-order chi connectivity index (χ1) is 5.54. The van der Waals surface area contributed by atoms with Crippen LogP contribution in [0.4, 0.5) is 0 Å². The predicted molar refractivity (Wildman–Crippen MR) is 50.6 cm³/mol. The van der Waals surface area contributed by atoms with Crippen molar-refractivity contribution in [2.75, 3.05) is 13.7 Å². The first-order valence-electron chi connectivity index (χ1n) is 3.62. The molecule has 0 aliphatic carbocycles. The molecule has 0 rings (SSSR count). The fourth-order valence-corrected chi connectivity index (χ4v) is 0.840. The summed E-state index contributed by atoms with van der Waals surface area (Å²) >= 11 is 0. The predicted octanol–water partition coefficient (Wildman–Crippen LogP) is 1.55. The molecule has 1 atom stereocenters. The van der Waals surface area contributed by atoms with Crippen LogP contribution < -0.4 is 0 Å². The topological polar surface area (TPSA) is 35.5 Å². The number of hydrogen-bond acceptors (Lipinski definition) is 3. The highest BCUT2D eigenvalue weighted by Crippen LogP contribution is 2.18. The molecule has 0 aromatic heterocycles. The Morgan fingerprint density at radius 2 is 2.17 bits per heavy atom. The average molecular weight is 190 g/mol. The van der Waals surface area contributed by atoms with Crippen LogP contribution in [0.15, 0.2) is 12.2 Å². The highest BCUT2D eigenvalue weighted by atomic mass is 31.0. The Balaban J connectivity index is 4.11. The monoisotopic (exact) mass is 190 g/mol. The molecule has 12 heavy (non-hydrogen) atoms. The molecule has 0 aliphatic rings. The molecule has 0 fully saturated rings. The molecule has 0 saturated heterocycles. The van der Waals surface area contributed by atoms with Gasteiger partial charge in [-0.25, -0.2) is 0 Å². The molecule has 0 bridgehead atoms. The molecule has 0 aromatic carbocycles. The summed E-state index contributed by atoms with van der Waals surface area (Å²) in [5.41, 5.74) is -0.571. The Hall–Kier alpha value is -0.400. The number of hydrogen-bond donors (Lipinski definition) is 0. The summed E-state index contributed by atoms with van der Waals surface area (Å²) in [7, 11) is 3.52. The minimum absolute atomic E-state index is 0.248. The lowest BCUT2D eigenvalue weighted by molar-refractivity contribution is -0.148. The van der Waals surface area contributed by atoms with E-state index >= 15 is 0 Å². The highest BCUT2D eigenvalue weighted by Gasteiger charge is 2.24. The first kappa shape index (κ1) is 11.6. The van der Waals surface area contributed by atoms with Crippen molar-refractivity contribution >= 4 is 15.4 Å². The molecule has 0 radical (unpaired) electrons. The van der Waals surface area contributed by atoms with E-state index in [4.69, 9.17) is 4.52 Å². The van der Waals surface area contributed by atoms with Gasteiger partial charge in [0.1, 0.15) is 0 Å². The van der Waals surface area contributed by atoms with Crippen LogP contribution in [0.25, 0.3) is 0 Å².